The van der Waals surface area contributed by atoms with Gasteiger partial charge in [0.2, 0.25) is 0 Å². The lowest BCUT2D eigenvalue weighted by atomic mass is 9.99. The van der Waals surface area contributed by atoms with Crippen LogP contribution in [0.5, 0.6) is 0 Å². The van der Waals surface area contributed by atoms with Gasteiger partial charge in [-0.3, -0.25) is 4.79 Å². The fourth-order valence-electron chi connectivity index (χ4n) is 3.96. The van der Waals surface area contributed by atoms with Crippen molar-refractivity contribution in [2.24, 2.45) is 4.99 Å². The third-order valence-corrected chi connectivity index (χ3v) is 8.84. The van der Waals surface area contributed by atoms with E-state index in [1.165, 1.54) is 11.8 Å². The smallest absolute Gasteiger partial charge is 0.252 e. The van der Waals surface area contributed by atoms with Gasteiger partial charge in [-0.25, -0.2) is 8.42 Å². The third kappa shape index (κ3) is 4.43. The molecule has 0 saturated carbocycles. The van der Waals surface area contributed by atoms with E-state index in [0.717, 1.165) is 16.8 Å². The quantitative estimate of drug-likeness (QED) is 0.677. The number of hydrogen-bond donors (Lipinski definition) is 0. The molecule has 8 heteroatoms. The van der Waals surface area contributed by atoms with Crippen LogP contribution in [-0.2, 0) is 21.1 Å². The van der Waals surface area contributed by atoms with Crippen LogP contribution in [0.4, 0.5) is 5.69 Å². The molecule has 158 valence electrons. The number of anilines is 1. The first kappa shape index (κ1) is 21.4. The molecular formula is C22H23ClN2O3S2. The van der Waals surface area contributed by atoms with Crippen molar-refractivity contribution in [2.75, 3.05) is 16.4 Å². The molecule has 0 N–H and O–H groups in total. The SMILES string of the molecule is CC(C)c1ccccc1N1C(=NC(=O)Cc2ccc(Cl)cc2)S[C@@H]2CS(=O)(=O)C[C@H]21. The van der Waals surface area contributed by atoms with Gasteiger partial charge in [0.05, 0.1) is 24.0 Å². The van der Waals surface area contributed by atoms with Crippen molar-refractivity contribution >= 4 is 50.0 Å². The molecular weight excluding hydrogens is 440 g/mol. The molecule has 0 unspecified atom stereocenters. The van der Waals surface area contributed by atoms with Crippen LogP contribution >= 0.6 is 23.4 Å². The highest BCUT2D eigenvalue weighted by molar-refractivity contribution is 8.16. The third-order valence-electron chi connectivity index (χ3n) is 5.37. The number of thioether (sulfide) groups is 1. The number of amidine groups is 1. The molecule has 30 heavy (non-hydrogen) atoms. The summed E-state index contributed by atoms with van der Waals surface area (Å²) in [5.41, 5.74) is 2.89. The lowest BCUT2D eigenvalue weighted by Crippen LogP contribution is -2.38. The Kier molecular flexibility index (Phi) is 5.97. The number of aliphatic imine (C=N–C) groups is 1. The van der Waals surface area contributed by atoms with Crippen molar-refractivity contribution in [1.82, 2.24) is 0 Å². The van der Waals surface area contributed by atoms with Gasteiger partial charge in [-0.2, -0.15) is 4.99 Å². The summed E-state index contributed by atoms with van der Waals surface area (Å²) < 4.78 is 24.6. The Hall–Kier alpha value is -1.83. The maximum Gasteiger partial charge on any atom is 0.252 e. The second kappa shape index (κ2) is 8.36. The fourth-order valence-corrected chi connectivity index (χ4v) is 8.01. The van der Waals surface area contributed by atoms with Gasteiger partial charge in [0.1, 0.15) is 0 Å². The Morgan fingerprint density at radius 1 is 1.17 bits per heavy atom. The van der Waals surface area contributed by atoms with Crippen LogP contribution in [0.2, 0.25) is 5.02 Å². The van der Waals surface area contributed by atoms with Gasteiger partial charge in [0.25, 0.3) is 5.91 Å². The largest absolute Gasteiger partial charge is 0.315 e. The number of amides is 1. The monoisotopic (exact) mass is 462 g/mol. The summed E-state index contributed by atoms with van der Waals surface area (Å²) in [5.74, 6) is 0.207. The number of benzene rings is 2. The van der Waals surface area contributed by atoms with Gasteiger partial charge in [0.15, 0.2) is 15.0 Å². The molecule has 2 saturated heterocycles. The Morgan fingerprint density at radius 3 is 2.57 bits per heavy atom. The van der Waals surface area contributed by atoms with Crippen LogP contribution in [0.15, 0.2) is 53.5 Å². The molecule has 2 aliphatic heterocycles. The zero-order valence-electron chi connectivity index (χ0n) is 16.8. The van der Waals surface area contributed by atoms with E-state index in [0.29, 0.717) is 10.2 Å². The first-order chi connectivity index (χ1) is 14.2. The zero-order chi connectivity index (χ0) is 21.5. The number of hydrogen-bond acceptors (Lipinski definition) is 4. The minimum Gasteiger partial charge on any atom is -0.315 e. The van der Waals surface area contributed by atoms with Gasteiger partial charge < -0.3 is 4.90 Å². The Labute approximate surface area is 186 Å². The summed E-state index contributed by atoms with van der Waals surface area (Å²) in [6.45, 7) is 4.21. The van der Waals surface area contributed by atoms with Gasteiger partial charge >= 0.3 is 0 Å². The molecule has 0 aliphatic carbocycles. The lowest BCUT2D eigenvalue weighted by molar-refractivity contribution is -0.117. The molecule has 4 rings (SSSR count). The molecule has 2 heterocycles. The number of para-hydroxylation sites is 1. The highest BCUT2D eigenvalue weighted by atomic mass is 35.5. The Bertz CT molecular complexity index is 1100. The molecule has 2 aliphatic rings. The van der Waals surface area contributed by atoms with E-state index in [9.17, 15) is 13.2 Å². The van der Waals surface area contributed by atoms with E-state index in [2.05, 4.69) is 24.9 Å². The standard InChI is InChI=1S/C22H23ClN2O3S2/c1-14(2)17-5-3-4-6-18(17)25-19-12-30(27,28)13-20(19)29-22(25)24-21(26)11-15-7-9-16(23)10-8-15/h3-10,14,19-20H,11-13H2,1-2H3/t19-,20-/m1/s1. The topological polar surface area (TPSA) is 66.8 Å². The molecule has 5 nitrogen and oxygen atoms in total. The molecule has 2 aromatic carbocycles. The van der Waals surface area contributed by atoms with E-state index < -0.39 is 9.84 Å². The van der Waals surface area contributed by atoms with E-state index in [4.69, 9.17) is 11.6 Å². The Balaban J connectivity index is 1.69. The van der Waals surface area contributed by atoms with E-state index >= 15 is 0 Å². The molecule has 2 aromatic rings. The van der Waals surface area contributed by atoms with Crippen molar-refractivity contribution in [3.8, 4) is 0 Å². The average Bonchev–Trinajstić information content (AvgIpc) is 3.14. The summed E-state index contributed by atoms with van der Waals surface area (Å²) in [6.07, 6.45) is 0.175. The van der Waals surface area contributed by atoms with Crippen LogP contribution in [0.3, 0.4) is 0 Å². The normalized spacial score (nSPS) is 23.9. The molecule has 0 bridgehead atoms. The summed E-state index contributed by atoms with van der Waals surface area (Å²) in [7, 11) is -3.10. The van der Waals surface area contributed by atoms with E-state index in [-0.39, 0.29) is 41.0 Å². The van der Waals surface area contributed by atoms with Crippen LogP contribution in [0.25, 0.3) is 0 Å². The summed E-state index contributed by atoms with van der Waals surface area (Å²) in [5, 5.41) is 1.10. The lowest BCUT2D eigenvalue weighted by Gasteiger charge is -2.28. The maximum absolute atomic E-state index is 12.7. The molecule has 1 amide bonds. The number of rotatable bonds is 4. The molecule has 0 radical (unpaired) electrons. The highest BCUT2D eigenvalue weighted by Gasteiger charge is 2.49. The molecule has 2 atom stereocenters. The number of fused-ring (bicyclic) bond motifs is 1. The average molecular weight is 463 g/mol. The van der Waals surface area contributed by atoms with Crippen LogP contribution in [0, 0.1) is 0 Å². The first-order valence-corrected chi connectivity index (χ1v) is 12.9. The predicted octanol–water partition coefficient (Wildman–Crippen LogP) is 4.31. The van der Waals surface area contributed by atoms with E-state index in [1.54, 1.807) is 12.1 Å². The molecule has 2 fully saturated rings. The van der Waals surface area contributed by atoms with Gasteiger partial charge in [-0.15, -0.1) is 0 Å². The van der Waals surface area contributed by atoms with Crippen molar-refractivity contribution in [1.29, 1.82) is 0 Å². The van der Waals surface area contributed by atoms with Gasteiger partial charge in [-0.05, 0) is 35.2 Å². The van der Waals surface area contributed by atoms with Crippen LogP contribution < -0.4 is 4.90 Å². The summed E-state index contributed by atoms with van der Waals surface area (Å²) in [6, 6.07) is 14.9. The zero-order valence-corrected chi connectivity index (χ0v) is 19.2. The summed E-state index contributed by atoms with van der Waals surface area (Å²) >= 11 is 7.32. The maximum atomic E-state index is 12.7. The second-order valence-corrected chi connectivity index (χ2v) is 11.8. The number of carbonyl (C=O) groups excluding carboxylic acids is 1. The first-order valence-electron chi connectivity index (χ1n) is 9.85. The predicted molar refractivity (Wildman–Crippen MR) is 124 cm³/mol. The van der Waals surface area contributed by atoms with Crippen molar-refractivity contribution in [3.63, 3.8) is 0 Å². The second-order valence-electron chi connectivity index (χ2n) is 7.98. The van der Waals surface area contributed by atoms with E-state index in [1.807, 2.05) is 35.2 Å². The number of sulfone groups is 1. The van der Waals surface area contributed by atoms with Crippen LogP contribution in [0.1, 0.15) is 30.9 Å². The number of carbonyl (C=O) groups is 1. The number of nitrogens with zero attached hydrogens (tertiary/aromatic N) is 2. The van der Waals surface area contributed by atoms with Crippen molar-refractivity contribution in [3.05, 3.63) is 64.7 Å². The minimum absolute atomic E-state index is 0.0848. The van der Waals surface area contributed by atoms with Crippen molar-refractivity contribution < 1.29 is 13.2 Å². The fraction of sp³-hybridized carbons (Fsp3) is 0.364. The molecule has 0 aromatic heterocycles. The van der Waals surface area contributed by atoms with Gasteiger partial charge in [-0.1, -0.05) is 67.5 Å². The van der Waals surface area contributed by atoms with Crippen molar-refractivity contribution in [2.45, 2.75) is 37.5 Å². The highest BCUT2D eigenvalue weighted by Crippen LogP contribution is 2.43. The molecule has 0 spiro atoms. The number of halogens is 1. The Morgan fingerprint density at radius 2 is 1.87 bits per heavy atom. The van der Waals surface area contributed by atoms with Crippen LogP contribution in [-0.4, -0.2) is 42.3 Å². The van der Waals surface area contributed by atoms with Gasteiger partial charge in [0, 0.05) is 16.0 Å². The minimum atomic E-state index is -3.10. The summed E-state index contributed by atoms with van der Waals surface area (Å²) in [4.78, 5) is 19.1.